The molecule has 0 saturated heterocycles. The Morgan fingerprint density at radius 1 is 1.37 bits per heavy atom. The summed E-state index contributed by atoms with van der Waals surface area (Å²) in [4.78, 5) is 6.28. The van der Waals surface area contributed by atoms with Crippen LogP contribution in [0.25, 0.3) is 0 Å². The van der Waals surface area contributed by atoms with Crippen LogP contribution in [0.15, 0.2) is 0 Å². The SMILES string of the molecule is CCNCc1sc(C2CC3CCC2C3)nc1COC. The number of hydrogen-bond donors (Lipinski definition) is 1. The smallest absolute Gasteiger partial charge is 0.0966 e. The monoisotopic (exact) mass is 280 g/mol. The predicted molar refractivity (Wildman–Crippen MR) is 78.4 cm³/mol. The van der Waals surface area contributed by atoms with Gasteiger partial charge in [0.1, 0.15) is 0 Å². The Labute approximate surface area is 119 Å². The average Bonchev–Trinajstić information content (AvgIpc) is 3.11. The standard InChI is InChI=1S/C15H24N2OS/c1-3-16-8-14-13(9-18-2)17-15(19-14)12-7-10-4-5-11(12)6-10/h10-12,16H,3-9H2,1-2H3. The zero-order chi connectivity index (χ0) is 13.2. The molecule has 2 saturated carbocycles. The Balaban J connectivity index is 1.77. The van der Waals surface area contributed by atoms with Gasteiger partial charge in [0.2, 0.25) is 0 Å². The average molecular weight is 280 g/mol. The highest BCUT2D eigenvalue weighted by Gasteiger charge is 2.41. The lowest BCUT2D eigenvalue weighted by Gasteiger charge is -2.18. The molecule has 1 heterocycles. The van der Waals surface area contributed by atoms with Gasteiger partial charge in [0.15, 0.2) is 0 Å². The molecule has 0 aromatic carbocycles. The van der Waals surface area contributed by atoms with Crippen molar-refractivity contribution in [3.63, 3.8) is 0 Å². The van der Waals surface area contributed by atoms with Crippen molar-refractivity contribution in [3.05, 3.63) is 15.6 Å². The quantitative estimate of drug-likeness (QED) is 0.868. The molecule has 19 heavy (non-hydrogen) atoms. The molecule has 1 aromatic heterocycles. The minimum Gasteiger partial charge on any atom is -0.378 e. The first-order valence-corrected chi connectivity index (χ1v) is 8.31. The zero-order valence-electron chi connectivity index (χ0n) is 11.9. The van der Waals surface area contributed by atoms with Gasteiger partial charge in [0, 0.05) is 24.4 Å². The normalized spacial score (nSPS) is 29.3. The minimum absolute atomic E-state index is 0.651. The Morgan fingerprint density at radius 2 is 2.26 bits per heavy atom. The molecule has 0 radical (unpaired) electrons. The zero-order valence-corrected chi connectivity index (χ0v) is 12.8. The van der Waals surface area contributed by atoms with E-state index in [2.05, 4.69) is 12.2 Å². The maximum atomic E-state index is 5.30. The van der Waals surface area contributed by atoms with E-state index in [-0.39, 0.29) is 0 Å². The first-order chi connectivity index (χ1) is 9.31. The summed E-state index contributed by atoms with van der Waals surface area (Å²) in [6.45, 7) is 4.74. The van der Waals surface area contributed by atoms with Gasteiger partial charge in [-0.2, -0.15) is 0 Å². The molecular weight excluding hydrogens is 256 g/mol. The lowest BCUT2D eigenvalue weighted by molar-refractivity contribution is 0.181. The van der Waals surface area contributed by atoms with Crippen LogP contribution >= 0.6 is 11.3 Å². The highest BCUT2D eigenvalue weighted by Crippen LogP contribution is 2.53. The molecule has 4 heteroatoms. The highest BCUT2D eigenvalue weighted by atomic mass is 32.1. The van der Waals surface area contributed by atoms with Crippen molar-refractivity contribution in [1.29, 1.82) is 0 Å². The summed E-state index contributed by atoms with van der Waals surface area (Å²) < 4.78 is 5.30. The summed E-state index contributed by atoms with van der Waals surface area (Å²) in [5.74, 6) is 2.65. The Bertz CT molecular complexity index is 432. The van der Waals surface area contributed by atoms with Crippen molar-refractivity contribution >= 4 is 11.3 Å². The van der Waals surface area contributed by atoms with Crippen LogP contribution in [-0.2, 0) is 17.9 Å². The third-order valence-electron chi connectivity index (χ3n) is 4.67. The van der Waals surface area contributed by atoms with E-state index in [0.717, 1.165) is 36.5 Å². The molecule has 3 rings (SSSR count). The molecule has 2 bridgehead atoms. The second-order valence-electron chi connectivity index (χ2n) is 5.92. The van der Waals surface area contributed by atoms with Gasteiger partial charge in [0.05, 0.1) is 17.3 Å². The van der Waals surface area contributed by atoms with Gasteiger partial charge in [-0.3, -0.25) is 0 Å². The van der Waals surface area contributed by atoms with Gasteiger partial charge in [-0.1, -0.05) is 13.3 Å². The van der Waals surface area contributed by atoms with Crippen LogP contribution in [0.3, 0.4) is 0 Å². The maximum absolute atomic E-state index is 5.30. The molecule has 2 aliphatic carbocycles. The molecule has 1 aromatic rings. The predicted octanol–water partition coefficient (Wildman–Crippen LogP) is 3.30. The number of aromatic nitrogens is 1. The number of rotatable bonds is 6. The number of ether oxygens (including phenoxy) is 1. The Hall–Kier alpha value is -0.450. The van der Waals surface area contributed by atoms with E-state index in [1.54, 1.807) is 7.11 Å². The highest BCUT2D eigenvalue weighted by molar-refractivity contribution is 7.11. The summed E-state index contributed by atoms with van der Waals surface area (Å²) in [6.07, 6.45) is 5.72. The molecule has 2 aliphatic rings. The van der Waals surface area contributed by atoms with Crippen LogP contribution in [0.2, 0.25) is 0 Å². The van der Waals surface area contributed by atoms with Gasteiger partial charge >= 0.3 is 0 Å². The van der Waals surface area contributed by atoms with E-state index in [4.69, 9.17) is 9.72 Å². The van der Waals surface area contributed by atoms with Crippen molar-refractivity contribution in [2.75, 3.05) is 13.7 Å². The van der Waals surface area contributed by atoms with Crippen LogP contribution in [0.5, 0.6) is 0 Å². The molecule has 0 amide bonds. The number of nitrogens with zero attached hydrogens (tertiary/aromatic N) is 1. The molecule has 106 valence electrons. The van der Waals surface area contributed by atoms with Gasteiger partial charge in [-0.05, 0) is 37.6 Å². The topological polar surface area (TPSA) is 34.2 Å². The third kappa shape index (κ3) is 2.71. The Morgan fingerprint density at radius 3 is 2.89 bits per heavy atom. The Kier molecular flexibility index (Phi) is 4.20. The molecule has 3 atom stereocenters. The number of thiazole rings is 1. The van der Waals surface area contributed by atoms with Crippen molar-refractivity contribution in [3.8, 4) is 0 Å². The van der Waals surface area contributed by atoms with Crippen molar-refractivity contribution < 1.29 is 4.74 Å². The molecule has 3 nitrogen and oxygen atoms in total. The summed E-state index contributed by atoms with van der Waals surface area (Å²) >= 11 is 1.92. The summed E-state index contributed by atoms with van der Waals surface area (Å²) in [5.41, 5.74) is 1.16. The van der Waals surface area contributed by atoms with Crippen molar-refractivity contribution in [2.45, 2.75) is 51.7 Å². The third-order valence-corrected chi connectivity index (χ3v) is 5.90. The van der Waals surface area contributed by atoms with E-state index < -0.39 is 0 Å². The second kappa shape index (κ2) is 5.90. The second-order valence-corrected chi connectivity index (χ2v) is 7.03. The van der Waals surface area contributed by atoms with Crippen molar-refractivity contribution in [1.82, 2.24) is 10.3 Å². The number of fused-ring (bicyclic) bond motifs is 2. The largest absolute Gasteiger partial charge is 0.378 e. The lowest BCUT2D eigenvalue weighted by Crippen LogP contribution is -2.12. The van der Waals surface area contributed by atoms with Gasteiger partial charge in [-0.15, -0.1) is 11.3 Å². The maximum Gasteiger partial charge on any atom is 0.0966 e. The van der Waals surface area contributed by atoms with Gasteiger partial charge < -0.3 is 10.1 Å². The number of methoxy groups -OCH3 is 1. The lowest BCUT2D eigenvalue weighted by atomic mass is 9.89. The molecule has 0 spiro atoms. The van der Waals surface area contributed by atoms with E-state index in [9.17, 15) is 0 Å². The summed E-state index contributed by atoms with van der Waals surface area (Å²) in [6, 6.07) is 0. The van der Waals surface area contributed by atoms with E-state index in [1.807, 2.05) is 11.3 Å². The fourth-order valence-electron chi connectivity index (χ4n) is 3.74. The van der Waals surface area contributed by atoms with E-state index >= 15 is 0 Å². The summed E-state index contributed by atoms with van der Waals surface area (Å²) in [7, 11) is 1.76. The van der Waals surface area contributed by atoms with Gasteiger partial charge in [0.25, 0.3) is 0 Å². The first kappa shape index (κ1) is 13.5. The number of hydrogen-bond acceptors (Lipinski definition) is 4. The van der Waals surface area contributed by atoms with Crippen LogP contribution in [-0.4, -0.2) is 18.6 Å². The van der Waals surface area contributed by atoms with E-state index in [1.165, 1.54) is 35.6 Å². The molecule has 2 fully saturated rings. The van der Waals surface area contributed by atoms with E-state index in [0.29, 0.717) is 6.61 Å². The molecule has 0 aliphatic heterocycles. The van der Waals surface area contributed by atoms with Crippen LogP contribution < -0.4 is 5.32 Å². The fraction of sp³-hybridized carbons (Fsp3) is 0.800. The molecule has 1 N–H and O–H groups in total. The van der Waals surface area contributed by atoms with Crippen LogP contribution in [0.1, 0.15) is 54.1 Å². The minimum atomic E-state index is 0.651. The fourth-order valence-corrected chi connectivity index (χ4v) is 4.98. The number of nitrogens with one attached hydrogen (secondary N) is 1. The summed E-state index contributed by atoms with van der Waals surface area (Å²) in [5, 5.41) is 4.80. The van der Waals surface area contributed by atoms with Crippen LogP contribution in [0, 0.1) is 11.8 Å². The van der Waals surface area contributed by atoms with Gasteiger partial charge in [-0.25, -0.2) is 4.98 Å². The molecule has 3 unspecified atom stereocenters. The molecular formula is C15H24N2OS. The first-order valence-electron chi connectivity index (χ1n) is 7.50. The van der Waals surface area contributed by atoms with Crippen LogP contribution in [0.4, 0.5) is 0 Å². The van der Waals surface area contributed by atoms with Crippen molar-refractivity contribution in [2.24, 2.45) is 11.8 Å².